The summed E-state index contributed by atoms with van der Waals surface area (Å²) >= 11 is 1.85. The third-order valence-electron chi connectivity index (χ3n) is 2.69. The summed E-state index contributed by atoms with van der Waals surface area (Å²) in [5.74, 6) is 1.19. The van der Waals surface area contributed by atoms with Crippen LogP contribution in [0.15, 0.2) is 18.2 Å². The molecule has 0 aliphatic rings. The van der Waals surface area contributed by atoms with Crippen molar-refractivity contribution in [3.63, 3.8) is 0 Å². The van der Waals surface area contributed by atoms with Gasteiger partial charge in [0.05, 0.1) is 4.92 Å². The van der Waals surface area contributed by atoms with E-state index in [4.69, 9.17) is 0 Å². The number of aryl methyl sites for hydroxylation is 1. The van der Waals surface area contributed by atoms with Crippen molar-refractivity contribution in [2.24, 2.45) is 0 Å². The van der Waals surface area contributed by atoms with E-state index in [2.05, 4.69) is 11.6 Å². The van der Waals surface area contributed by atoms with Gasteiger partial charge in [0.2, 0.25) is 0 Å². The second kappa shape index (κ2) is 7.97. The van der Waals surface area contributed by atoms with E-state index in [1.807, 2.05) is 24.8 Å². The molecule has 0 amide bonds. The van der Waals surface area contributed by atoms with Gasteiger partial charge in [0, 0.05) is 12.6 Å². The molecule has 0 bridgehead atoms. The molecule has 0 aromatic heterocycles. The van der Waals surface area contributed by atoms with Crippen molar-refractivity contribution < 1.29 is 4.92 Å². The highest BCUT2D eigenvalue weighted by molar-refractivity contribution is 7.98. The zero-order valence-corrected chi connectivity index (χ0v) is 11.8. The van der Waals surface area contributed by atoms with E-state index < -0.39 is 0 Å². The van der Waals surface area contributed by atoms with E-state index in [1.54, 1.807) is 12.1 Å². The van der Waals surface area contributed by atoms with Gasteiger partial charge in [-0.3, -0.25) is 10.1 Å². The lowest BCUT2D eigenvalue weighted by Gasteiger charge is -2.07. The van der Waals surface area contributed by atoms with Crippen LogP contribution < -0.4 is 5.32 Å². The lowest BCUT2D eigenvalue weighted by molar-refractivity contribution is -0.384. The van der Waals surface area contributed by atoms with Gasteiger partial charge >= 0.3 is 0 Å². The van der Waals surface area contributed by atoms with Crippen LogP contribution in [0.5, 0.6) is 0 Å². The van der Waals surface area contributed by atoms with Crippen LogP contribution in [-0.2, 0) is 0 Å². The summed E-state index contributed by atoms with van der Waals surface area (Å²) in [4.78, 5) is 10.5. The zero-order chi connectivity index (χ0) is 13.4. The van der Waals surface area contributed by atoms with Crippen molar-refractivity contribution in [1.82, 2.24) is 0 Å². The summed E-state index contributed by atoms with van der Waals surface area (Å²) in [5.41, 5.74) is 1.82. The van der Waals surface area contributed by atoms with Crippen LogP contribution in [0.4, 0.5) is 11.4 Å². The second-order valence-electron chi connectivity index (χ2n) is 4.26. The van der Waals surface area contributed by atoms with Crippen molar-refractivity contribution in [2.75, 3.05) is 23.9 Å². The minimum absolute atomic E-state index is 0.157. The molecule has 0 unspecified atom stereocenters. The standard InChI is InChI=1S/C13H20N2O2S/c1-11-6-7-13(15(16)17)12(10-11)14-8-4-3-5-9-18-2/h6-7,10,14H,3-5,8-9H2,1-2H3. The number of nitro benzene ring substituents is 1. The Bertz CT molecular complexity index is 397. The van der Waals surface area contributed by atoms with Gasteiger partial charge < -0.3 is 5.32 Å². The Morgan fingerprint density at radius 1 is 1.33 bits per heavy atom. The molecule has 0 aliphatic carbocycles. The fourth-order valence-electron chi connectivity index (χ4n) is 1.72. The molecule has 0 radical (unpaired) electrons. The third kappa shape index (κ3) is 4.96. The van der Waals surface area contributed by atoms with Crippen LogP contribution in [0.3, 0.4) is 0 Å². The average molecular weight is 268 g/mol. The van der Waals surface area contributed by atoms with E-state index in [-0.39, 0.29) is 10.6 Å². The Labute approximate surface area is 112 Å². The van der Waals surface area contributed by atoms with Gasteiger partial charge in [-0.2, -0.15) is 11.8 Å². The van der Waals surface area contributed by atoms with E-state index >= 15 is 0 Å². The van der Waals surface area contributed by atoms with Crippen molar-refractivity contribution in [3.05, 3.63) is 33.9 Å². The van der Waals surface area contributed by atoms with Gasteiger partial charge in [-0.25, -0.2) is 0 Å². The summed E-state index contributed by atoms with van der Waals surface area (Å²) in [6.07, 6.45) is 5.52. The number of unbranched alkanes of at least 4 members (excludes halogenated alkanes) is 2. The number of nitrogens with one attached hydrogen (secondary N) is 1. The molecule has 1 aromatic rings. The number of nitro groups is 1. The summed E-state index contributed by atoms with van der Waals surface area (Å²) in [6, 6.07) is 5.16. The van der Waals surface area contributed by atoms with Gasteiger partial charge in [-0.1, -0.05) is 12.5 Å². The van der Waals surface area contributed by atoms with Crippen LogP contribution in [0.1, 0.15) is 24.8 Å². The van der Waals surface area contributed by atoms with Crippen molar-refractivity contribution in [2.45, 2.75) is 26.2 Å². The van der Waals surface area contributed by atoms with Gasteiger partial charge in [0.1, 0.15) is 5.69 Å². The lowest BCUT2D eigenvalue weighted by Crippen LogP contribution is -2.04. The van der Waals surface area contributed by atoms with Gasteiger partial charge in [0.15, 0.2) is 0 Å². The SMILES string of the molecule is CSCCCCCNc1cc(C)ccc1[N+](=O)[O-]. The monoisotopic (exact) mass is 268 g/mol. The molecule has 1 N–H and O–H groups in total. The molecule has 4 nitrogen and oxygen atoms in total. The Balaban J connectivity index is 2.45. The Morgan fingerprint density at radius 2 is 2.11 bits per heavy atom. The van der Waals surface area contributed by atoms with Crippen LogP contribution in [0.2, 0.25) is 0 Å². The van der Waals surface area contributed by atoms with Crippen molar-refractivity contribution in [3.8, 4) is 0 Å². The predicted octanol–water partition coefficient (Wildman–Crippen LogP) is 3.85. The first kappa shape index (κ1) is 14.8. The maximum Gasteiger partial charge on any atom is 0.292 e. The number of hydrogen-bond donors (Lipinski definition) is 1. The fraction of sp³-hybridized carbons (Fsp3) is 0.538. The highest BCUT2D eigenvalue weighted by Crippen LogP contribution is 2.25. The van der Waals surface area contributed by atoms with E-state index in [0.29, 0.717) is 5.69 Å². The maximum absolute atomic E-state index is 10.9. The first-order valence-electron chi connectivity index (χ1n) is 6.13. The number of benzene rings is 1. The Kier molecular flexibility index (Phi) is 6.57. The second-order valence-corrected chi connectivity index (χ2v) is 5.24. The molecule has 5 heteroatoms. The van der Waals surface area contributed by atoms with Crippen LogP contribution in [-0.4, -0.2) is 23.5 Å². The summed E-state index contributed by atoms with van der Waals surface area (Å²) < 4.78 is 0. The predicted molar refractivity (Wildman–Crippen MR) is 78.6 cm³/mol. The van der Waals surface area contributed by atoms with Crippen molar-refractivity contribution >= 4 is 23.1 Å². The number of thioether (sulfide) groups is 1. The average Bonchev–Trinajstić information content (AvgIpc) is 2.33. The minimum atomic E-state index is -0.338. The largest absolute Gasteiger partial charge is 0.379 e. The maximum atomic E-state index is 10.9. The van der Waals surface area contributed by atoms with Crippen LogP contribution >= 0.6 is 11.8 Å². The summed E-state index contributed by atoms with van der Waals surface area (Å²) in [5, 5.41) is 14.0. The van der Waals surface area contributed by atoms with E-state index in [9.17, 15) is 10.1 Å². The zero-order valence-electron chi connectivity index (χ0n) is 10.9. The van der Waals surface area contributed by atoms with E-state index in [1.165, 1.54) is 12.2 Å². The van der Waals surface area contributed by atoms with Gasteiger partial charge in [-0.05, 0) is 43.4 Å². The molecule has 1 aromatic carbocycles. The minimum Gasteiger partial charge on any atom is -0.379 e. The molecule has 100 valence electrons. The molecule has 0 spiro atoms. The molecule has 0 heterocycles. The highest BCUT2D eigenvalue weighted by atomic mass is 32.2. The number of nitrogens with zero attached hydrogens (tertiary/aromatic N) is 1. The molecular formula is C13H20N2O2S. The number of hydrogen-bond acceptors (Lipinski definition) is 4. The van der Waals surface area contributed by atoms with Gasteiger partial charge in [0.25, 0.3) is 5.69 Å². The Hall–Kier alpha value is -1.23. The smallest absolute Gasteiger partial charge is 0.292 e. The molecule has 18 heavy (non-hydrogen) atoms. The molecular weight excluding hydrogens is 248 g/mol. The summed E-state index contributed by atoms with van der Waals surface area (Å²) in [7, 11) is 0. The molecule has 0 atom stereocenters. The molecule has 0 aliphatic heterocycles. The quantitative estimate of drug-likeness (QED) is 0.442. The Morgan fingerprint density at radius 3 is 2.78 bits per heavy atom. The van der Waals surface area contributed by atoms with Crippen LogP contribution in [0, 0.1) is 17.0 Å². The van der Waals surface area contributed by atoms with Crippen molar-refractivity contribution in [1.29, 1.82) is 0 Å². The van der Waals surface area contributed by atoms with Gasteiger partial charge in [-0.15, -0.1) is 0 Å². The number of rotatable bonds is 8. The van der Waals surface area contributed by atoms with E-state index in [0.717, 1.165) is 24.9 Å². The summed E-state index contributed by atoms with van der Waals surface area (Å²) in [6.45, 7) is 2.73. The highest BCUT2D eigenvalue weighted by Gasteiger charge is 2.12. The molecule has 0 saturated heterocycles. The fourth-order valence-corrected chi connectivity index (χ4v) is 2.21. The number of anilines is 1. The normalized spacial score (nSPS) is 10.3. The lowest BCUT2D eigenvalue weighted by atomic mass is 10.2. The molecule has 1 rings (SSSR count). The first-order valence-corrected chi connectivity index (χ1v) is 7.52. The van der Waals surface area contributed by atoms with Crippen LogP contribution in [0.25, 0.3) is 0 Å². The first-order chi connectivity index (χ1) is 8.65. The third-order valence-corrected chi connectivity index (χ3v) is 3.39. The molecule has 0 saturated carbocycles. The molecule has 0 fully saturated rings. The topological polar surface area (TPSA) is 55.2 Å².